The van der Waals surface area contributed by atoms with Crippen molar-refractivity contribution in [2.45, 2.75) is 19.8 Å². The second kappa shape index (κ2) is 6.84. The highest BCUT2D eigenvalue weighted by Crippen LogP contribution is 2.26. The molecule has 124 valence electrons. The zero-order valence-electron chi connectivity index (χ0n) is 12.9. The van der Waals surface area contributed by atoms with Crippen molar-refractivity contribution >= 4 is 41.4 Å². The van der Waals surface area contributed by atoms with Gasteiger partial charge in [-0.05, 0) is 24.2 Å². The minimum atomic E-state index is 0.0506. The Kier molecular flexibility index (Phi) is 4.79. The van der Waals surface area contributed by atoms with Crippen LogP contribution < -0.4 is 0 Å². The fourth-order valence-corrected chi connectivity index (χ4v) is 3.25. The highest BCUT2D eigenvalue weighted by molar-refractivity contribution is 7.71. The Morgan fingerprint density at radius 2 is 2.12 bits per heavy atom. The summed E-state index contributed by atoms with van der Waals surface area (Å²) >= 11 is 12.7. The van der Waals surface area contributed by atoms with Crippen LogP contribution >= 0.6 is 35.2 Å². The topological polar surface area (TPSA) is 68.2 Å². The Morgan fingerprint density at radius 1 is 1.38 bits per heavy atom. The number of rotatable bonds is 4. The van der Waals surface area contributed by atoms with E-state index in [1.807, 2.05) is 23.6 Å². The maximum absolute atomic E-state index is 9.81. The largest absolute Gasteiger partial charge is 0.409 e. The normalized spacial score (nSPS) is 11.7. The van der Waals surface area contributed by atoms with E-state index in [9.17, 15) is 5.21 Å². The third-order valence-corrected chi connectivity index (χ3v) is 4.80. The molecule has 0 fully saturated rings. The highest BCUT2D eigenvalue weighted by Gasteiger charge is 2.16. The Hall–Kier alpha value is -2.03. The van der Waals surface area contributed by atoms with Crippen LogP contribution in [-0.2, 0) is 0 Å². The van der Waals surface area contributed by atoms with E-state index in [4.69, 9.17) is 23.8 Å². The molecular formula is C15H14ClN5OS2. The van der Waals surface area contributed by atoms with Crippen LogP contribution in [0.1, 0.15) is 31.0 Å². The summed E-state index contributed by atoms with van der Waals surface area (Å²) in [7, 11) is 0. The summed E-state index contributed by atoms with van der Waals surface area (Å²) in [6.07, 6.45) is 1.57. The number of nitrogens with zero attached hydrogens (tertiary/aromatic N) is 5. The molecule has 0 saturated carbocycles. The number of aromatic nitrogens is 4. The van der Waals surface area contributed by atoms with Crippen molar-refractivity contribution in [3.63, 3.8) is 0 Å². The lowest BCUT2D eigenvalue weighted by atomic mass is 10.2. The first kappa shape index (κ1) is 16.8. The number of benzene rings is 1. The molecule has 0 aliphatic rings. The SMILES string of the molecule is CC(C)c1csc(-c2nn(O)c(=S)n2/N=C/c2ccccc2Cl)n1. The summed E-state index contributed by atoms with van der Waals surface area (Å²) in [4.78, 5) is 5.15. The molecular weight excluding hydrogens is 366 g/mol. The molecule has 0 aliphatic heterocycles. The van der Waals surface area contributed by atoms with Crippen LogP contribution in [0, 0.1) is 4.77 Å². The molecule has 0 radical (unpaired) electrons. The minimum Gasteiger partial charge on any atom is -0.409 e. The van der Waals surface area contributed by atoms with Crippen LogP contribution in [-0.4, -0.2) is 31.0 Å². The number of thiazole rings is 1. The molecule has 0 amide bonds. The second-order valence-corrected chi connectivity index (χ2v) is 6.94. The van der Waals surface area contributed by atoms with E-state index >= 15 is 0 Å². The van der Waals surface area contributed by atoms with Gasteiger partial charge in [0.25, 0.3) is 4.77 Å². The van der Waals surface area contributed by atoms with Crippen LogP contribution in [0.2, 0.25) is 5.02 Å². The van der Waals surface area contributed by atoms with Crippen molar-refractivity contribution in [1.82, 2.24) is 19.6 Å². The van der Waals surface area contributed by atoms with E-state index in [1.165, 1.54) is 16.0 Å². The molecule has 0 bridgehead atoms. The van der Waals surface area contributed by atoms with Crippen molar-refractivity contribution in [2.24, 2.45) is 5.10 Å². The maximum atomic E-state index is 9.81. The smallest absolute Gasteiger partial charge is 0.258 e. The standard InChI is InChI=1S/C15H14ClN5OS2/c1-9(2)12-8-24-14(18-12)13-19-21(22)15(23)20(13)17-7-10-5-3-4-6-11(10)16/h3-9,22H,1-2H3/b17-7+. The first-order valence-corrected chi connectivity index (χ1v) is 8.80. The van der Waals surface area contributed by atoms with Crippen molar-refractivity contribution in [1.29, 1.82) is 0 Å². The summed E-state index contributed by atoms with van der Waals surface area (Å²) in [6.45, 7) is 4.12. The van der Waals surface area contributed by atoms with Gasteiger partial charge in [-0.1, -0.05) is 48.5 Å². The van der Waals surface area contributed by atoms with E-state index < -0.39 is 0 Å². The van der Waals surface area contributed by atoms with Crippen LogP contribution in [0.15, 0.2) is 34.7 Å². The molecule has 3 aromatic rings. The molecule has 0 atom stereocenters. The summed E-state index contributed by atoms with van der Waals surface area (Å²) in [5.74, 6) is 0.678. The number of halogens is 1. The van der Waals surface area contributed by atoms with Crippen molar-refractivity contribution in [3.8, 4) is 10.8 Å². The van der Waals surface area contributed by atoms with Crippen molar-refractivity contribution in [3.05, 3.63) is 50.7 Å². The van der Waals surface area contributed by atoms with Gasteiger partial charge in [-0.3, -0.25) is 0 Å². The fraction of sp³-hybridized carbons (Fsp3) is 0.200. The molecule has 1 N–H and O–H groups in total. The van der Waals surface area contributed by atoms with Crippen LogP contribution in [0.25, 0.3) is 10.8 Å². The van der Waals surface area contributed by atoms with Gasteiger partial charge in [0.1, 0.15) is 0 Å². The van der Waals surface area contributed by atoms with Gasteiger partial charge in [-0.25, -0.2) is 4.98 Å². The Labute approximate surface area is 152 Å². The van der Waals surface area contributed by atoms with Gasteiger partial charge in [0, 0.05) is 16.0 Å². The van der Waals surface area contributed by atoms with Crippen LogP contribution in [0.5, 0.6) is 0 Å². The van der Waals surface area contributed by atoms with Gasteiger partial charge in [-0.2, -0.15) is 9.78 Å². The van der Waals surface area contributed by atoms with Gasteiger partial charge in [0.05, 0.1) is 11.9 Å². The average Bonchev–Trinajstić information content (AvgIpc) is 3.14. The van der Waals surface area contributed by atoms with Crippen molar-refractivity contribution in [2.75, 3.05) is 0 Å². The molecule has 2 aromatic heterocycles. The van der Waals surface area contributed by atoms with E-state index in [2.05, 4.69) is 29.0 Å². The third-order valence-electron chi connectivity index (χ3n) is 3.26. The number of hydrogen-bond acceptors (Lipinski definition) is 6. The molecule has 0 aliphatic carbocycles. The number of hydrogen-bond donors (Lipinski definition) is 1. The lowest BCUT2D eigenvalue weighted by Gasteiger charge is -1.99. The molecule has 9 heteroatoms. The molecule has 1 aromatic carbocycles. The molecule has 0 unspecified atom stereocenters. The Balaban J connectivity index is 2.05. The first-order valence-electron chi connectivity index (χ1n) is 7.13. The Morgan fingerprint density at radius 3 is 2.79 bits per heavy atom. The van der Waals surface area contributed by atoms with Gasteiger partial charge in [0.2, 0.25) is 5.82 Å². The highest BCUT2D eigenvalue weighted by atomic mass is 35.5. The zero-order valence-corrected chi connectivity index (χ0v) is 15.3. The molecule has 0 spiro atoms. The lowest BCUT2D eigenvalue weighted by Crippen LogP contribution is -1.96. The monoisotopic (exact) mass is 379 g/mol. The van der Waals surface area contributed by atoms with Gasteiger partial charge >= 0.3 is 0 Å². The van der Waals surface area contributed by atoms with Crippen LogP contribution in [0.3, 0.4) is 0 Å². The summed E-state index contributed by atoms with van der Waals surface area (Å²) in [5.41, 5.74) is 1.69. The molecule has 0 saturated heterocycles. The summed E-state index contributed by atoms with van der Waals surface area (Å²) < 4.78 is 1.41. The molecule has 2 heterocycles. The quantitative estimate of drug-likeness (QED) is 0.413. The second-order valence-electron chi connectivity index (χ2n) is 5.31. The van der Waals surface area contributed by atoms with Crippen LogP contribution in [0.4, 0.5) is 0 Å². The van der Waals surface area contributed by atoms with E-state index in [0.29, 0.717) is 26.6 Å². The maximum Gasteiger partial charge on any atom is 0.258 e. The molecule has 24 heavy (non-hydrogen) atoms. The summed E-state index contributed by atoms with van der Waals surface area (Å²) in [6, 6.07) is 7.30. The van der Waals surface area contributed by atoms with Gasteiger partial charge in [0.15, 0.2) is 5.01 Å². The van der Waals surface area contributed by atoms with E-state index in [-0.39, 0.29) is 4.77 Å². The average molecular weight is 380 g/mol. The van der Waals surface area contributed by atoms with Gasteiger partial charge < -0.3 is 5.21 Å². The van der Waals surface area contributed by atoms with Crippen molar-refractivity contribution < 1.29 is 5.21 Å². The first-order chi connectivity index (χ1) is 11.5. The lowest BCUT2D eigenvalue weighted by molar-refractivity contribution is 0.143. The zero-order chi connectivity index (χ0) is 17.3. The van der Waals surface area contributed by atoms with E-state index in [0.717, 1.165) is 11.3 Å². The third kappa shape index (κ3) is 3.26. The fourth-order valence-electron chi connectivity index (χ4n) is 1.94. The Bertz CT molecular complexity index is 957. The minimum absolute atomic E-state index is 0.0506. The van der Waals surface area contributed by atoms with Gasteiger partial charge in [-0.15, -0.1) is 16.4 Å². The predicted octanol–water partition coefficient (Wildman–Crippen LogP) is 4.43. The predicted molar refractivity (Wildman–Crippen MR) is 97.9 cm³/mol. The summed E-state index contributed by atoms with van der Waals surface area (Å²) in [5, 5.41) is 21.3. The molecule has 6 nitrogen and oxygen atoms in total. The molecule has 3 rings (SSSR count). The van der Waals surface area contributed by atoms with E-state index in [1.54, 1.807) is 12.3 Å².